The number of sulfone groups is 1. The number of amides is 1. The first-order valence-electron chi connectivity index (χ1n) is 11.1. The van der Waals surface area contributed by atoms with Crippen LogP contribution in [-0.4, -0.2) is 29.8 Å². The van der Waals surface area contributed by atoms with Crippen molar-refractivity contribution in [3.63, 3.8) is 0 Å². The van der Waals surface area contributed by atoms with Crippen LogP contribution in [0.4, 0.5) is 0 Å². The van der Waals surface area contributed by atoms with E-state index >= 15 is 0 Å². The van der Waals surface area contributed by atoms with Crippen LogP contribution in [-0.2, 0) is 33.5 Å². The van der Waals surface area contributed by atoms with Crippen molar-refractivity contribution in [2.45, 2.75) is 43.6 Å². The SMILES string of the molecule is CC(C)N(Cc1ccccc1)C(=O)Cn1cc(S(=O)(=O)Cc2ccc(Cl)cc2)c2ccccc21. The highest BCUT2D eigenvalue weighted by atomic mass is 35.5. The molecule has 3 aromatic carbocycles. The number of halogens is 1. The van der Waals surface area contributed by atoms with Gasteiger partial charge in [0.25, 0.3) is 0 Å². The van der Waals surface area contributed by atoms with Gasteiger partial charge in [-0.15, -0.1) is 0 Å². The molecule has 1 amide bonds. The Bertz CT molecular complexity index is 1400. The molecular weight excluding hydrogens is 468 g/mol. The van der Waals surface area contributed by atoms with Gasteiger partial charge in [-0.25, -0.2) is 8.42 Å². The van der Waals surface area contributed by atoms with Crippen LogP contribution in [0.2, 0.25) is 5.02 Å². The Hall–Kier alpha value is -3.09. The van der Waals surface area contributed by atoms with Crippen LogP contribution in [0.1, 0.15) is 25.0 Å². The number of nitrogens with zero attached hydrogens (tertiary/aromatic N) is 2. The molecule has 1 aromatic heterocycles. The number of rotatable bonds is 8. The first-order valence-corrected chi connectivity index (χ1v) is 13.2. The Balaban J connectivity index is 1.64. The molecule has 176 valence electrons. The van der Waals surface area contributed by atoms with Crippen LogP contribution in [0.5, 0.6) is 0 Å². The maximum atomic E-state index is 13.3. The van der Waals surface area contributed by atoms with E-state index < -0.39 is 9.84 Å². The van der Waals surface area contributed by atoms with E-state index in [0.717, 1.165) is 5.56 Å². The van der Waals surface area contributed by atoms with E-state index in [2.05, 4.69) is 0 Å². The molecule has 4 rings (SSSR count). The number of aromatic nitrogens is 1. The summed E-state index contributed by atoms with van der Waals surface area (Å²) in [5, 5.41) is 1.17. The van der Waals surface area contributed by atoms with Gasteiger partial charge in [-0.05, 0) is 43.2 Å². The third-order valence-electron chi connectivity index (χ3n) is 5.80. The van der Waals surface area contributed by atoms with Crippen molar-refractivity contribution in [3.05, 3.63) is 101 Å². The standard InChI is InChI=1S/C27H27ClN2O3S/c1-20(2)30(16-21-8-4-3-5-9-21)27(31)18-29-17-26(24-10-6-7-11-25(24)29)34(32,33)19-22-12-14-23(28)15-13-22/h3-15,17,20H,16,18-19H2,1-2H3. The molecule has 0 saturated heterocycles. The third kappa shape index (κ3) is 5.34. The van der Waals surface area contributed by atoms with Gasteiger partial charge in [-0.1, -0.05) is 72.3 Å². The zero-order valence-corrected chi connectivity index (χ0v) is 20.8. The molecule has 0 radical (unpaired) electrons. The quantitative estimate of drug-likeness (QED) is 0.315. The smallest absolute Gasteiger partial charge is 0.243 e. The van der Waals surface area contributed by atoms with Crippen LogP contribution < -0.4 is 0 Å². The molecule has 0 saturated carbocycles. The van der Waals surface area contributed by atoms with Crippen LogP contribution in [0.3, 0.4) is 0 Å². The normalized spacial score (nSPS) is 11.8. The average Bonchev–Trinajstić information content (AvgIpc) is 3.19. The van der Waals surface area contributed by atoms with Gasteiger partial charge in [0.15, 0.2) is 9.84 Å². The predicted molar refractivity (Wildman–Crippen MR) is 136 cm³/mol. The molecule has 0 bridgehead atoms. The lowest BCUT2D eigenvalue weighted by Gasteiger charge is -2.27. The second-order valence-corrected chi connectivity index (χ2v) is 11.0. The third-order valence-corrected chi connectivity index (χ3v) is 7.76. The summed E-state index contributed by atoms with van der Waals surface area (Å²) in [6.45, 7) is 4.52. The minimum absolute atomic E-state index is 0.00244. The van der Waals surface area contributed by atoms with Gasteiger partial charge in [0.2, 0.25) is 5.91 Å². The molecule has 4 aromatic rings. The van der Waals surface area contributed by atoms with Gasteiger partial charge in [-0.3, -0.25) is 4.79 Å². The minimum Gasteiger partial charge on any atom is -0.337 e. The minimum atomic E-state index is -3.64. The Kier molecular flexibility index (Phi) is 7.10. The molecule has 0 unspecified atom stereocenters. The first kappa shape index (κ1) is 24.0. The molecule has 5 nitrogen and oxygen atoms in total. The average molecular weight is 495 g/mol. The lowest BCUT2D eigenvalue weighted by atomic mass is 10.2. The van der Waals surface area contributed by atoms with Gasteiger partial charge in [0.1, 0.15) is 6.54 Å². The molecule has 7 heteroatoms. The van der Waals surface area contributed by atoms with E-state index in [1.807, 2.05) is 67.3 Å². The van der Waals surface area contributed by atoms with E-state index in [0.29, 0.717) is 28.0 Å². The largest absolute Gasteiger partial charge is 0.337 e. The summed E-state index contributed by atoms with van der Waals surface area (Å²) in [4.78, 5) is 15.4. The van der Waals surface area contributed by atoms with Crippen LogP contribution >= 0.6 is 11.6 Å². The molecule has 0 spiro atoms. The highest BCUT2D eigenvalue weighted by Crippen LogP contribution is 2.28. The van der Waals surface area contributed by atoms with Gasteiger partial charge in [0.05, 0.1) is 10.6 Å². The van der Waals surface area contributed by atoms with Gasteiger partial charge < -0.3 is 9.47 Å². The van der Waals surface area contributed by atoms with E-state index in [-0.39, 0.29) is 29.1 Å². The summed E-state index contributed by atoms with van der Waals surface area (Å²) in [6, 6.07) is 23.9. The number of fused-ring (bicyclic) bond motifs is 1. The Labute approximate surface area is 205 Å². The molecule has 0 atom stereocenters. The van der Waals surface area contributed by atoms with Crippen molar-refractivity contribution >= 4 is 38.2 Å². The predicted octanol–water partition coefficient (Wildman–Crippen LogP) is 5.71. The summed E-state index contributed by atoms with van der Waals surface area (Å²) in [5.74, 6) is -0.209. The molecule has 0 aliphatic rings. The molecule has 34 heavy (non-hydrogen) atoms. The number of para-hydroxylation sites is 1. The van der Waals surface area contributed by atoms with Gasteiger partial charge in [-0.2, -0.15) is 0 Å². The molecule has 0 fully saturated rings. The highest BCUT2D eigenvalue weighted by Gasteiger charge is 2.24. The summed E-state index contributed by atoms with van der Waals surface area (Å²) in [5.41, 5.74) is 2.42. The maximum absolute atomic E-state index is 13.3. The van der Waals surface area contributed by atoms with Crippen LogP contribution in [0.25, 0.3) is 10.9 Å². The monoisotopic (exact) mass is 494 g/mol. The van der Waals surface area contributed by atoms with E-state index in [1.54, 1.807) is 41.1 Å². The van der Waals surface area contributed by atoms with Crippen molar-refractivity contribution in [2.24, 2.45) is 0 Å². The first-order chi connectivity index (χ1) is 16.2. The fourth-order valence-electron chi connectivity index (χ4n) is 4.04. The fraction of sp³-hybridized carbons (Fsp3) is 0.222. The number of hydrogen-bond donors (Lipinski definition) is 0. The molecular formula is C27H27ClN2O3S. The number of carbonyl (C=O) groups excluding carboxylic acids is 1. The lowest BCUT2D eigenvalue weighted by Crippen LogP contribution is -2.38. The summed E-state index contributed by atoms with van der Waals surface area (Å²) in [7, 11) is -3.64. The van der Waals surface area contributed by atoms with Crippen LogP contribution in [0, 0.1) is 0 Å². The Morgan fingerprint density at radius 1 is 0.912 bits per heavy atom. The van der Waals surface area contributed by atoms with Crippen LogP contribution in [0.15, 0.2) is 90.0 Å². The van der Waals surface area contributed by atoms with E-state index in [1.165, 1.54) is 0 Å². The number of hydrogen-bond acceptors (Lipinski definition) is 3. The second kappa shape index (κ2) is 10.0. The topological polar surface area (TPSA) is 59.4 Å². The van der Waals surface area contributed by atoms with Crippen molar-refractivity contribution in [1.29, 1.82) is 0 Å². The van der Waals surface area contributed by atoms with Crippen molar-refractivity contribution in [3.8, 4) is 0 Å². The lowest BCUT2D eigenvalue weighted by molar-refractivity contribution is -0.134. The van der Waals surface area contributed by atoms with E-state index in [4.69, 9.17) is 11.6 Å². The van der Waals surface area contributed by atoms with Gasteiger partial charge in [0, 0.05) is 34.7 Å². The highest BCUT2D eigenvalue weighted by molar-refractivity contribution is 7.90. The summed E-state index contributed by atoms with van der Waals surface area (Å²) >= 11 is 5.94. The Morgan fingerprint density at radius 2 is 1.56 bits per heavy atom. The number of carbonyl (C=O) groups is 1. The van der Waals surface area contributed by atoms with Gasteiger partial charge >= 0.3 is 0 Å². The summed E-state index contributed by atoms with van der Waals surface area (Å²) < 4.78 is 28.4. The molecule has 0 aliphatic carbocycles. The molecule has 0 aliphatic heterocycles. The number of benzene rings is 3. The van der Waals surface area contributed by atoms with E-state index in [9.17, 15) is 13.2 Å². The summed E-state index contributed by atoms with van der Waals surface area (Å²) in [6.07, 6.45) is 1.59. The maximum Gasteiger partial charge on any atom is 0.243 e. The molecule has 0 N–H and O–H groups in total. The second-order valence-electron chi connectivity index (χ2n) is 8.62. The molecule has 1 heterocycles. The fourth-order valence-corrected chi connectivity index (χ4v) is 5.75. The zero-order chi connectivity index (χ0) is 24.3. The van der Waals surface area contributed by atoms with Crippen molar-refractivity contribution in [2.75, 3.05) is 0 Å². The van der Waals surface area contributed by atoms with Crippen molar-refractivity contribution < 1.29 is 13.2 Å². The van der Waals surface area contributed by atoms with Crippen molar-refractivity contribution in [1.82, 2.24) is 9.47 Å². The zero-order valence-electron chi connectivity index (χ0n) is 19.2. The Morgan fingerprint density at radius 3 is 2.24 bits per heavy atom.